The fourth-order valence-electron chi connectivity index (χ4n) is 3.10. The van der Waals surface area contributed by atoms with E-state index < -0.39 is 0 Å². The van der Waals surface area contributed by atoms with Gasteiger partial charge in [0.2, 0.25) is 0 Å². The zero-order valence-electron chi connectivity index (χ0n) is 13.9. The minimum Gasteiger partial charge on any atom is -0.504 e. The molecule has 4 N–H and O–H groups in total. The molecule has 24 heavy (non-hydrogen) atoms. The summed E-state index contributed by atoms with van der Waals surface area (Å²) in [5.74, 6) is 0.101. The van der Waals surface area contributed by atoms with Crippen LogP contribution in [0.5, 0.6) is 5.75 Å². The van der Waals surface area contributed by atoms with Crippen LogP contribution in [0.15, 0.2) is 36.5 Å². The van der Waals surface area contributed by atoms with Crippen molar-refractivity contribution >= 4 is 11.7 Å². The summed E-state index contributed by atoms with van der Waals surface area (Å²) in [6.07, 6.45) is 1.60. The van der Waals surface area contributed by atoms with Crippen molar-refractivity contribution in [1.29, 1.82) is 0 Å². The first-order valence-electron chi connectivity index (χ1n) is 8.04. The Morgan fingerprint density at radius 1 is 1.21 bits per heavy atom. The predicted molar refractivity (Wildman–Crippen MR) is 93.7 cm³/mol. The molecular formula is C18H22N4O2. The van der Waals surface area contributed by atoms with Gasteiger partial charge in [-0.2, -0.15) is 0 Å². The minimum atomic E-state index is -0.0450. The fourth-order valence-corrected chi connectivity index (χ4v) is 3.10. The molecule has 0 bridgehead atoms. The fraction of sp³-hybridized carbons (Fsp3) is 0.333. The molecule has 0 aliphatic carbocycles. The molecule has 0 radical (unpaired) electrons. The van der Waals surface area contributed by atoms with Crippen molar-refractivity contribution in [1.82, 2.24) is 15.2 Å². The van der Waals surface area contributed by atoms with Gasteiger partial charge in [0.1, 0.15) is 0 Å². The lowest BCUT2D eigenvalue weighted by Crippen LogP contribution is -2.55. The zero-order valence-corrected chi connectivity index (χ0v) is 13.9. The molecule has 0 spiro atoms. The van der Waals surface area contributed by atoms with Gasteiger partial charge < -0.3 is 21.1 Å². The van der Waals surface area contributed by atoms with Crippen LogP contribution in [-0.4, -0.2) is 46.1 Å². The number of anilines is 1. The molecule has 1 unspecified atom stereocenters. The Labute approximate surface area is 141 Å². The summed E-state index contributed by atoms with van der Waals surface area (Å²) >= 11 is 0. The number of nitrogen functional groups attached to an aromatic ring is 1. The molecule has 1 saturated heterocycles. The number of hydrogen-bond donors (Lipinski definition) is 3. The van der Waals surface area contributed by atoms with E-state index in [1.54, 1.807) is 12.3 Å². The van der Waals surface area contributed by atoms with Crippen molar-refractivity contribution in [2.45, 2.75) is 25.9 Å². The highest BCUT2D eigenvalue weighted by atomic mass is 16.3. The molecule has 1 aromatic carbocycles. The van der Waals surface area contributed by atoms with Crippen LogP contribution in [-0.2, 0) is 0 Å². The van der Waals surface area contributed by atoms with Crippen molar-refractivity contribution in [3.8, 4) is 16.9 Å². The van der Waals surface area contributed by atoms with E-state index in [2.05, 4.69) is 24.1 Å². The van der Waals surface area contributed by atoms with Crippen LogP contribution in [0.2, 0.25) is 0 Å². The van der Waals surface area contributed by atoms with Gasteiger partial charge in [-0.05, 0) is 37.6 Å². The molecule has 1 aliphatic rings. The first kappa shape index (κ1) is 16.3. The summed E-state index contributed by atoms with van der Waals surface area (Å²) < 4.78 is 0. The average Bonchev–Trinajstić information content (AvgIpc) is 2.56. The minimum absolute atomic E-state index is 0.0417. The van der Waals surface area contributed by atoms with Crippen molar-refractivity contribution in [2.24, 2.45) is 0 Å². The number of rotatable bonds is 2. The molecule has 1 aliphatic heterocycles. The van der Waals surface area contributed by atoms with Crippen LogP contribution < -0.4 is 11.1 Å². The second kappa shape index (κ2) is 6.49. The number of aromatic nitrogens is 1. The molecule has 1 amide bonds. The van der Waals surface area contributed by atoms with Crippen molar-refractivity contribution in [3.05, 3.63) is 42.1 Å². The molecule has 2 heterocycles. The quantitative estimate of drug-likeness (QED) is 0.783. The first-order valence-corrected chi connectivity index (χ1v) is 8.04. The van der Waals surface area contributed by atoms with Crippen molar-refractivity contribution < 1.29 is 9.90 Å². The third-order valence-electron chi connectivity index (χ3n) is 4.21. The number of carbonyl (C=O) groups excluding carboxylic acids is 1. The van der Waals surface area contributed by atoms with Crippen LogP contribution in [0.3, 0.4) is 0 Å². The normalized spacial score (nSPS) is 20.8. The monoisotopic (exact) mass is 326 g/mol. The van der Waals surface area contributed by atoms with E-state index in [4.69, 9.17) is 5.73 Å². The summed E-state index contributed by atoms with van der Waals surface area (Å²) in [4.78, 5) is 18.5. The van der Waals surface area contributed by atoms with E-state index >= 15 is 0 Å². The number of amides is 1. The SMILES string of the molecule is CC1CN(C(=O)c2ccc(-c3cnc(N)c(O)c3)cc2)C[C@H](C)N1. The summed E-state index contributed by atoms with van der Waals surface area (Å²) in [6.45, 7) is 5.58. The van der Waals surface area contributed by atoms with Crippen molar-refractivity contribution in [3.63, 3.8) is 0 Å². The summed E-state index contributed by atoms with van der Waals surface area (Å²) in [5, 5.41) is 13.1. The van der Waals surface area contributed by atoms with E-state index in [1.807, 2.05) is 29.2 Å². The lowest BCUT2D eigenvalue weighted by molar-refractivity contribution is 0.0674. The van der Waals surface area contributed by atoms with Gasteiger partial charge in [0.05, 0.1) is 0 Å². The lowest BCUT2D eigenvalue weighted by Gasteiger charge is -2.36. The number of piperazine rings is 1. The first-order chi connectivity index (χ1) is 11.4. The third-order valence-corrected chi connectivity index (χ3v) is 4.21. The maximum absolute atomic E-state index is 12.7. The number of hydrogen-bond acceptors (Lipinski definition) is 5. The molecule has 1 fully saturated rings. The van der Waals surface area contributed by atoms with Gasteiger partial charge in [0.25, 0.3) is 5.91 Å². The number of nitrogens with two attached hydrogens (primary N) is 1. The maximum atomic E-state index is 12.7. The maximum Gasteiger partial charge on any atom is 0.253 e. The Balaban J connectivity index is 1.78. The van der Waals surface area contributed by atoms with Crippen LogP contribution >= 0.6 is 0 Å². The highest BCUT2D eigenvalue weighted by Gasteiger charge is 2.25. The molecule has 6 nitrogen and oxygen atoms in total. The summed E-state index contributed by atoms with van der Waals surface area (Å²) in [5.41, 5.74) is 7.81. The van der Waals surface area contributed by atoms with Gasteiger partial charge in [0.15, 0.2) is 11.6 Å². The largest absolute Gasteiger partial charge is 0.504 e. The molecule has 126 valence electrons. The molecule has 2 atom stereocenters. The van der Waals surface area contributed by atoms with E-state index in [0.29, 0.717) is 30.7 Å². The highest BCUT2D eigenvalue weighted by Crippen LogP contribution is 2.26. The second-order valence-corrected chi connectivity index (χ2v) is 6.38. The van der Waals surface area contributed by atoms with E-state index in [-0.39, 0.29) is 17.5 Å². The highest BCUT2D eigenvalue weighted by molar-refractivity contribution is 5.94. The molecule has 1 aromatic heterocycles. The number of pyridine rings is 1. The average molecular weight is 326 g/mol. The van der Waals surface area contributed by atoms with Gasteiger partial charge >= 0.3 is 0 Å². The lowest BCUT2D eigenvalue weighted by atomic mass is 10.0. The second-order valence-electron chi connectivity index (χ2n) is 6.38. The van der Waals surface area contributed by atoms with Gasteiger partial charge in [-0.1, -0.05) is 12.1 Å². The number of nitrogens with zero attached hydrogens (tertiary/aromatic N) is 2. The van der Waals surface area contributed by atoms with E-state index in [0.717, 1.165) is 11.1 Å². The molecule has 2 aromatic rings. The van der Waals surface area contributed by atoms with Crippen LogP contribution in [0, 0.1) is 0 Å². The zero-order chi connectivity index (χ0) is 17.3. The topological polar surface area (TPSA) is 91.5 Å². The van der Waals surface area contributed by atoms with Gasteiger partial charge in [-0.15, -0.1) is 0 Å². The van der Waals surface area contributed by atoms with Crippen LogP contribution in [0.25, 0.3) is 11.1 Å². The van der Waals surface area contributed by atoms with Gasteiger partial charge in [0, 0.05) is 42.5 Å². The predicted octanol–water partition coefficient (Wildman–Crippen LogP) is 1.86. The molecule has 0 saturated carbocycles. The number of benzene rings is 1. The van der Waals surface area contributed by atoms with E-state index in [9.17, 15) is 9.90 Å². The summed E-state index contributed by atoms with van der Waals surface area (Å²) in [6, 6.07) is 9.48. The van der Waals surface area contributed by atoms with E-state index in [1.165, 1.54) is 0 Å². The third kappa shape index (κ3) is 3.33. The standard InChI is InChI=1S/C18H22N4O2/c1-11-9-22(10-12(2)21-11)18(24)14-5-3-13(4-6-14)15-7-16(23)17(19)20-8-15/h3-8,11-12,21,23H,9-10H2,1-2H3,(H2,19,20)/t11-,12?/m0/s1. The Hall–Kier alpha value is -2.60. The molecule has 6 heteroatoms. The Morgan fingerprint density at radius 2 is 1.83 bits per heavy atom. The van der Waals surface area contributed by atoms with Crippen LogP contribution in [0.4, 0.5) is 5.82 Å². The summed E-state index contributed by atoms with van der Waals surface area (Å²) in [7, 11) is 0. The van der Waals surface area contributed by atoms with Crippen molar-refractivity contribution in [2.75, 3.05) is 18.8 Å². The number of carbonyl (C=O) groups is 1. The Morgan fingerprint density at radius 3 is 2.42 bits per heavy atom. The van der Waals surface area contributed by atoms with Crippen LogP contribution in [0.1, 0.15) is 24.2 Å². The van der Waals surface area contributed by atoms with Gasteiger partial charge in [-0.3, -0.25) is 4.79 Å². The molecule has 3 rings (SSSR count). The Bertz CT molecular complexity index is 735. The number of nitrogens with one attached hydrogen (secondary N) is 1. The Kier molecular flexibility index (Phi) is 4.40. The van der Waals surface area contributed by atoms with Gasteiger partial charge in [-0.25, -0.2) is 4.98 Å². The molecular weight excluding hydrogens is 304 g/mol. The smallest absolute Gasteiger partial charge is 0.253 e. The number of aromatic hydroxyl groups is 1.